The first kappa shape index (κ1) is 25.8. The molecule has 0 radical (unpaired) electrons. The molecule has 214 valence electrons. The van der Waals surface area contributed by atoms with E-state index in [9.17, 15) is 0 Å². The summed E-state index contributed by atoms with van der Waals surface area (Å²) in [4.78, 5) is 1.31. The Labute approximate surface area is 271 Å². The largest absolute Gasteiger partial charge is 0.458 e. The lowest BCUT2D eigenvalue weighted by molar-refractivity contribution is 0.488. The van der Waals surface area contributed by atoms with Gasteiger partial charge in [0.15, 0.2) is 0 Å². The van der Waals surface area contributed by atoms with Gasteiger partial charge >= 0.3 is 0 Å². The van der Waals surface area contributed by atoms with Crippen molar-refractivity contribution in [3.63, 3.8) is 0 Å². The van der Waals surface area contributed by atoms with Crippen LogP contribution in [-0.2, 0) is 0 Å². The standard InChI is InChI=1S/C42H26BNOS/c1-2-11-27(12-3-1)29-21-22-39-36(25-29)43-42-35(34-17-6-9-20-41(34)46-43)24-30(26-40(42)45-39)28-13-10-14-31(23-28)44-37-18-7-4-15-32(37)33-16-5-8-19-38(33)44/h1-26H. The molecule has 8 aromatic rings. The van der Waals surface area contributed by atoms with Gasteiger partial charge in [-0.1, -0.05) is 109 Å². The second kappa shape index (κ2) is 10.0. The summed E-state index contributed by atoms with van der Waals surface area (Å²) in [6, 6.07) is 57.0. The summed E-state index contributed by atoms with van der Waals surface area (Å²) in [7, 11) is 0. The zero-order valence-corrected chi connectivity index (χ0v) is 25.7. The van der Waals surface area contributed by atoms with Crippen molar-refractivity contribution in [3.8, 4) is 50.6 Å². The highest BCUT2D eigenvalue weighted by Gasteiger charge is 2.38. The zero-order chi connectivity index (χ0) is 30.2. The molecule has 0 unspecified atom stereocenters. The summed E-state index contributed by atoms with van der Waals surface area (Å²) in [5, 5.41) is 2.54. The Morgan fingerprint density at radius 1 is 0.478 bits per heavy atom. The third-order valence-corrected chi connectivity index (χ3v) is 10.8. The Morgan fingerprint density at radius 2 is 1.17 bits per heavy atom. The Kier molecular flexibility index (Phi) is 5.64. The van der Waals surface area contributed by atoms with E-state index in [0.717, 1.165) is 22.7 Å². The Bertz CT molecular complexity index is 2450. The first-order chi connectivity index (χ1) is 22.8. The van der Waals surface area contributed by atoms with E-state index in [1.165, 1.54) is 65.4 Å². The number of hydrogen-bond acceptors (Lipinski definition) is 2. The summed E-state index contributed by atoms with van der Waals surface area (Å²) in [6.45, 7) is 0. The van der Waals surface area contributed by atoms with E-state index in [1.54, 1.807) is 0 Å². The third kappa shape index (κ3) is 3.87. The fourth-order valence-electron chi connectivity index (χ4n) is 7.37. The maximum absolute atomic E-state index is 6.79. The van der Waals surface area contributed by atoms with E-state index in [0.29, 0.717) is 0 Å². The summed E-state index contributed by atoms with van der Waals surface area (Å²) >= 11 is 1.93. The molecular weight excluding hydrogens is 577 g/mol. The molecule has 0 saturated carbocycles. The van der Waals surface area contributed by atoms with Crippen molar-refractivity contribution < 1.29 is 4.74 Å². The van der Waals surface area contributed by atoms with Crippen molar-refractivity contribution in [1.29, 1.82) is 0 Å². The molecule has 2 aliphatic rings. The molecule has 2 aliphatic heterocycles. The van der Waals surface area contributed by atoms with Crippen molar-refractivity contribution in [3.05, 3.63) is 158 Å². The molecule has 7 aromatic carbocycles. The monoisotopic (exact) mass is 603 g/mol. The second-order valence-electron chi connectivity index (χ2n) is 12.1. The lowest BCUT2D eigenvalue weighted by atomic mass is 9.57. The van der Waals surface area contributed by atoms with Crippen LogP contribution in [0.1, 0.15) is 0 Å². The van der Waals surface area contributed by atoms with Crippen LogP contribution in [0.5, 0.6) is 11.5 Å². The molecule has 1 aromatic heterocycles. The van der Waals surface area contributed by atoms with E-state index in [4.69, 9.17) is 4.74 Å². The van der Waals surface area contributed by atoms with Crippen LogP contribution in [-0.4, -0.2) is 10.6 Å². The molecule has 0 aliphatic carbocycles. The number of hydrogen-bond donors (Lipinski definition) is 0. The normalized spacial score (nSPS) is 12.8. The predicted molar refractivity (Wildman–Crippen MR) is 194 cm³/mol. The van der Waals surface area contributed by atoms with Crippen LogP contribution >= 0.6 is 11.6 Å². The number of benzene rings is 7. The molecule has 10 rings (SSSR count). The van der Waals surface area contributed by atoms with Gasteiger partial charge in [-0.15, -0.1) is 0 Å². The number of aromatic nitrogens is 1. The van der Waals surface area contributed by atoms with E-state index >= 15 is 0 Å². The Hall–Kier alpha value is -5.45. The average molecular weight is 604 g/mol. The summed E-state index contributed by atoms with van der Waals surface area (Å²) in [6.07, 6.45) is 0. The lowest BCUT2D eigenvalue weighted by Gasteiger charge is -2.33. The lowest BCUT2D eigenvalue weighted by Crippen LogP contribution is -2.46. The van der Waals surface area contributed by atoms with Crippen molar-refractivity contribution in [2.75, 3.05) is 0 Å². The molecule has 0 spiro atoms. The fourth-order valence-corrected chi connectivity index (χ4v) is 8.76. The summed E-state index contributed by atoms with van der Waals surface area (Å²) < 4.78 is 9.18. The van der Waals surface area contributed by atoms with Crippen LogP contribution in [0, 0.1) is 0 Å². The number of ether oxygens (including phenoxy) is 1. The molecule has 0 N–H and O–H groups in total. The number of nitrogens with zero attached hydrogens (tertiary/aromatic N) is 1. The maximum Gasteiger partial charge on any atom is 0.289 e. The van der Waals surface area contributed by atoms with Crippen molar-refractivity contribution in [1.82, 2.24) is 4.57 Å². The van der Waals surface area contributed by atoms with Crippen LogP contribution in [0.4, 0.5) is 0 Å². The fraction of sp³-hybridized carbons (Fsp3) is 0. The molecule has 0 atom stereocenters. The van der Waals surface area contributed by atoms with Gasteiger partial charge in [0.1, 0.15) is 11.5 Å². The van der Waals surface area contributed by atoms with Gasteiger partial charge in [-0.05, 0) is 92.8 Å². The van der Waals surface area contributed by atoms with Crippen LogP contribution < -0.4 is 15.7 Å². The highest BCUT2D eigenvalue weighted by molar-refractivity contribution is 8.28. The van der Waals surface area contributed by atoms with Crippen molar-refractivity contribution in [2.24, 2.45) is 0 Å². The van der Waals surface area contributed by atoms with E-state index in [2.05, 4.69) is 162 Å². The van der Waals surface area contributed by atoms with E-state index < -0.39 is 0 Å². The van der Waals surface area contributed by atoms with Gasteiger partial charge in [-0.25, -0.2) is 0 Å². The predicted octanol–water partition coefficient (Wildman–Crippen LogP) is 10.1. The maximum atomic E-state index is 6.79. The summed E-state index contributed by atoms with van der Waals surface area (Å²) in [5.41, 5.74) is 13.4. The van der Waals surface area contributed by atoms with Gasteiger partial charge in [-0.3, -0.25) is 0 Å². The molecule has 0 saturated heterocycles. The molecule has 4 heteroatoms. The molecule has 46 heavy (non-hydrogen) atoms. The first-order valence-electron chi connectivity index (χ1n) is 15.7. The smallest absolute Gasteiger partial charge is 0.289 e. The van der Waals surface area contributed by atoms with Gasteiger partial charge in [-0.2, -0.15) is 11.6 Å². The van der Waals surface area contributed by atoms with Gasteiger partial charge < -0.3 is 9.30 Å². The summed E-state index contributed by atoms with van der Waals surface area (Å²) in [5.74, 6) is 2.04. The average Bonchev–Trinajstić information content (AvgIpc) is 3.46. The number of rotatable bonds is 3. The van der Waals surface area contributed by atoms with E-state index in [-0.39, 0.29) is 5.99 Å². The highest BCUT2D eigenvalue weighted by atomic mass is 32.2. The first-order valence-corrected chi connectivity index (χ1v) is 16.6. The van der Waals surface area contributed by atoms with Gasteiger partial charge in [0.05, 0.1) is 11.0 Å². The minimum atomic E-state index is 0.158. The van der Waals surface area contributed by atoms with Gasteiger partial charge in [0.2, 0.25) is 0 Å². The Morgan fingerprint density at radius 3 is 2.00 bits per heavy atom. The number of para-hydroxylation sites is 2. The van der Waals surface area contributed by atoms with Crippen LogP contribution in [0.15, 0.2) is 163 Å². The van der Waals surface area contributed by atoms with Gasteiger partial charge in [0.25, 0.3) is 5.99 Å². The minimum Gasteiger partial charge on any atom is -0.458 e. The quantitative estimate of drug-likeness (QED) is 0.187. The topological polar surface area (TPSA) is 14.2 Å². The van der Waals surface area contributed by atoms with Crippen molar-refractivity contribution in [2.45, 2.75) is 4.90 Å². The molecule has 0 amide bonds. The molecule has 0 bridgehead atoms. The molecular formula is C42H26BNOS. The van der Waals surface area contributed by atoms with Crippen molar-refractivity contribution >= 4 is 50.3 Å². The molecule has 0 fully saturated rings. The third-order valence-electron chi connectivity index (χ3n) is 9.46. The second-order valence-corrected chi connectivity index (χ2v) is 13.2. The number of fused-ring (bicyclic) bond motifs is 7. The SMILES string of the molecule is c1ccc(-c2ccc3c(c2)B2Sc4ccccc4-c4cc(-c5cccc(-n6c7ccccc7c7ccccc76)c5)cc(c42)O3)cc1. The van der Waals surface area contributed by atoms with E-state index in [1.807, 2.05) is 11.6 Å². The van der Waals surface area contributed by atoms with Crippen LogP contribution in [0.3, 0.4) is 0 Å². The molecule has 3 heterocycles. The zero-order valence-electron chi connectivity index (χ0n) is 24.9. The Balaban J connectivity index is 1.15. The van der Waals surface area contributed by atoms with Crippen LogP contribution in [0.2, 0.25) is 0 Å². The highest BCUT2D eigenvalue weighted by Crippen LogP contribution is 2.45. The van der Waals surface area contributed by atoms with Crippen LogP contribution in [0.25, 0.3) is 60.9 Å². The van der Waals surface area contributed by atoms with Gasteiger partial charge in [0, 0.05) is 21.4 Å². The minimum absolute atomic E-state index is 0.158. The molecule has 2 nitrogen and oxygen atoms in total.